The first kappa shape index (κ1) is 29.1. The van der Waals surface area contributed by atoms with Gasteiger partial charge in [0, 0.05) is 48.8 Å². The molecule has 2 amide bonds. The molecule has 4 rings (SSSR count). The number of carbonyl (C=O) groups is 3. The Morgan fingerprint density at radius 2 is 1.95 bits per heavy atom. The first-order chi connectivity index (χ1) is 18.8. The van der Waals surface area contributed by atoms with E-state index in [-0.39, 0.29) is 45.3 Å². The van der Waals surface area contributed by atoms with E-state index in [4.69, 9.17) is 38.8 Å². The lowest BCUT2D eigenvalue weighted by molar-refractivity contribution is -0.139. The molecule has 1 atom stereocenters. The highest BCUT2D eigenvalue weighted by Gasteiger charge is 2.30. The molecule has 210 valence electrons. The molecule has 2 heterocycles. The van der Waals surface area contributed by atoms with E-state index in [1.165, 1.54) is 24.3 Å². The van der Waals surface area contributed by atoms with Crippen LogP contribution in [-0.4, -0.2) is 61.3 Å². The number of furan rings is 1. The number of hydrogen-bond acceptors (Lipinski definition) is 8. The van der Waals surface area contributed by atoms with Crippen molar-refractivity contribution in [3.63, 3.8) is 0 Å². The Labute approximate surface area is 239 Å². The Morgan fingerprint density at radius 3 is 2.55 bits per heavy atom. The van der Waals surface area contributed by atoms with Gasteiger partial charge >= 0.3 is 5.97 Å². The van der Waals surface area contributed by atoms with Crippen molar-refractivity contribution in [3.8, 4) is 0 Å². The predicted molar refractivity (Wildman–Crippen MR) is 148 cm³/mol. The van der Waals surface area contributed by atoms with Gasteiger partial charge in [-0.1, -0.05) is 29.3 Å². The third kappa shape index (κ3) is 5.98. The molecule has 3 aromatic rings. The van der Waals surface area contributed by atoms with Gasteiger partial charge < -0.3 is 30.9 Å². The quantitative estimate of drug-likeness (QED) is 0.222. The second-order valence-electron chi connectivity index (χ2n) is 9.21. The summed E-state index contributed by atoms with van der Waals surface area (Å²) < 4.78 is 28.5. The van der Waals surface area contributed by atoms with E-state index in [0.29, 0.717) is 40.9 Å². The molecule has 14 heteroatoms. The van der Waals surface area contributed by atoms with Gasteiger partial charge in [0.15, 0.2) is 0 Å². The van der Waals surface area contributed by atoms with Gasteiger partial charge in [0.25, 0.3) is 11.8 Å². The Bertz CT molecular complexity index is 1650. The van der Waals surface area contributed by atoms with Gasteiger partial charge in [-0.15, -0.1) is 0 Å². The molecule has 0 bridgehead atoms. The van der Waals surface area contributed by atoms with E-state index in [0.717, 1.165) is 12.5 Å². The highest BCUT2D eigenvalue weighted by atomic mass is 35.5. The van der Waals surface area contributed by atoms with Crippen LogP contribution in [0, 0.1) is 5.41 Å². The summed E-state index contributed by atoms with van der Waals surface area (Å²) in [5.74, 6) is -2.43. The van der Waals surface area contributed by atoms with Crippen LogP contribution in [0.4, 0.5) is 5.69 Å². The Hall–Kier alpha value is -3.87. The van der Waals surface area contributed by atoms with Crippen molar-refractivity contribution in [2.45, 2.75) is 30.5 Å². The van der Waals surface area contributed by atoms with Crippen LogP contribution in [0.15, 0.2) is 45.9 Å². The number of nitrogen functional groups attached to an aromatic ring is 1. The highest BCUT2D eigenvalue weighted by molar-refractivity contribution is 7.90. The largest absolute Gasteiger partial charge is 0.480 e. The van der Waals surface area contributed by atoms with Gasteiger partial charge in [-0.2, -0.15) is 0 Å². The van der Waals surface area contributed by atoms with Crippen LogP contribution >= 0.6 is 23.2 Å². The van der Waals surface area contributed by atoms with Crippen LogP contribution < -0.4 is 11.1 Å². The lowest BCUT2D eigenvalue weighted by atomic mass is 9.95. The van der Waals surface area contributed by atoms with Gasteiger partial charge in [0.05, 0.1) is 15.6 Å². The van der Waals surface area contributed by atoms with Crippen molar-refractivity contribution in [3.05, 3.63) is 80.0 Å². The first-order valence-electron chi connectivity index (χ1n) is 11.8. The van der Waals surface area contributed by atoms with Gasteiger partial charge in [0.2, 0.25) is 14.9 Å². The number of carbonyl (C=O) groups excluding carboxylic acids is 2. The minimum Gasteiger partial charge on any atom is -0.480 e. The molecule has 1 aromatic heterocycles. The Kier molecular flexibility index (Phi) is 8.24. The number of fused-ring (bicyclic) bond motifs is 1. The van der Waals surface area contributed by atoms with Crippen LogP contribution in [0.5, 0.6) is 0 Å². The molecule has 0 fully saturated rings. The van der Waals surface area contributed by atoms with Crippen molar-refractivity contribution in [1.29, 1.82) is 5.41 Å². The number of nitrogens with one attached hydrogen (secondary N) is 2. The fourth-order valence-electron chi connectivity index (χ4n) is 4.35. The topological polar surface area (TPSA) is 184 Å². The van der Waals surface area contributed by atoms with Crippen molar-refractivity contribution >= 4 is 62.7 Å². The zero-order valence-corrected chi connectivity index (χ0v) is 23.4. The zero-order chi connectivity index (χ0) is 29.4. The van der Waals surface area contributed by atoms with E-state index in [9.17, 15) is 27.9 Å². The van der Waals surface area contributed by atoms with Crippen LogP contribution in [0.2, 0.25) is 10.0 Å². The molecule has 0 aliphatic carbocycles. The number of amides is 2. The first-order valence-corrected chi connectivity index (χ1v) is 14.5. The summed E-state index contributed by atoms with van der Waals surface area (Å²) in [6.45, 7) is 0.458. The number of rotatable bonds is 8. The number of nitrogens with zero attached hydrogens (tertiary/aromatic N) is 1. The maximum Gasteiger partial charge on any atom is 0.326 e. The number of halogens is 2. The number of sulfone groups is 1. The van der Waals surface area contributed by atoms with Gasteiger partial charge in [-0.3, -0.25) is 9.59 Å². The summed E-state index contributed by atoms with van der Waals surface area (Å²) in [6, 6.07) is 7.27. The normalized spacial score (nSPS) is 13.8. The van der Waals surface area contributed by atoms with Crippen LogP contribution in [0.3, 0.4) is 0 Å². The van der Waals surface area contributed by atoms with Crippen molar-refractivity contribution < 1.29 is 32.3 Å². The zero-order valence-electron chi connectivity index (χ0n) is 21.0. The van der Waals surface area contributed by atoms with Crippen molar-refractivity contribution in [1.82, 2.24) is 10.2 Å². The molecule has 0 radical (unpaired) electrons. The molecule has 0 spiro atoms. The SMILES string of the molecule is CS(=O)(=O)c1ccc(C[C@H](NC(=O)c2c(Cl)cc3c(c2Cl)CCN(C(=O)c2ccc(C=N)c(N)c2)C3)C(=O)O)o1. The molecule has 0 saturated heterocycles. The van der Waals surface area contributed by atoms with Gasteiger partial charge in [-0.25, -0.2) is 13.2 Å². The molecule has 2 aromatic carbocycles. The second kappa shape index (κ2) is 11.3. The molecule has 40 heavy (non-hydrogen) atoms. The summed E-state index contributed by atoms with van der Waals surface area (Å²) in [7, 11) is -3.63. The fourth-order valence-corrected chi connectivity index (χ4v) is 5.69. The number of hydrogen-bond donors (Lipinski definition) is 4. The van der Waals surface area contributed by atoms with Crippen LogP contribution in [-0.2, 0) is 34.0 Å². The number of benzene rings is 2. The number of aliphatic carboxylic acids is 1. The molecule has 11 nitrogen and oxygen atoms in total. The molecule has 1 aliphatic rings. The Morgan fingerprint density at radius 1 is 1.23 bits per heavy atom. The third-order valence-corrected chi connectivity index (χ3v) is 8.08. The summed E-state index contributed by atoms with van der Waals surface area (Å²) in [6.07, 6.45) is 2.05. The maximum absolute atomic E-state index is 13.1. The van der Waals surface area contributed by atoms with E-state index >= 15 is 0 Å². The maximum atomic E-state index is 13.1. The number of carboxylic acids is 1. The summed E-state index contributed by atoms with van der Waals surface area (Å²) in [5, 5.41) is 19.1. The van der Waals surface area contributed by atoms with Crippen molar-refractivity contribution in [2.75, 3.05) is 18.5 Å². The van der Waals surface area contributed by atoms with E-state index in [2.05, 4.69) is 5.32 Å². The summed E-state index contributed by atoms with van der Waals surface area (Å²) in [5.41, 5.74) is 8.21. The molecule has 0 saturated carbocycles. The monoisotopic (exact) mass is 606 g/mol. The third-order valence-electron chi connectivity index (χ3n) is 6.42. The second-order valence-corrected chi connectivity index (χ2v) is 11.9. The Balaban J connectivity index is 1.53. The summed E-state index contributed by atoms with van der Waals surface area (Å²) >= 11 is 13.0. The number of anilines is 1. The lowest BCUT2D eigenvalue weighted by Crippen LogP contribution is -2.42. The molecule has 1 aliphatic heterocycles. The minimum absolute atomic E-state index is 0.0309. The van der Waals surface area contributed by atoms with Crippen LogP contribution in [0.25, 0.3) is 0 Å². The highest BCUT2D eigenvalue weighted by Crippen LogP contribution is 2.35. The number of carboxylic acid groups (broad SMARTS) is 1. The van der Waals surface area contributed by atoms with E-state index < -0.39 is 27.8 Å². The average molecular weight is 607 g/mol. The summed E-state index contributed by atoms with van der Waals surface area (Å²) in [4.78, 5) is 39.6. The van der Waals surface area contributed by atoms with Crippen LogP contribution in [0.1, 0.15) is 43.2 Å². The standard InChI is InChI=1S/C26H24Cl2N4O7S/c1-40(37,38)21-5-4-16(39-21)10-20(26(35)36)31-24(33)22-18(27)8-15-12-32(7-6-17(15)23(22)28)25(34)13-2-3-14(11-29)19(30)9-13/h2-5,8-9,11,20,29H,6-7,10,12,30H2,1H3,(H,31,33)(H,35,36)/t20-/m0/s1. The average Bonchev–Trinajstić information content (AvgIpc) is 3.37. The molecule has 0 unspecified atom stereocenters. The van der Waals surface area contributed by atoms with E-state index in [1.807, 2.05) is 0 Å². The van der Waals surface area contributed by atoms with Gasteiger partial charge in [0.1, 0.15) is 11.8 Å². The van der Waals surface area contributed by atoms with Crippen molar-refractivity contribution in [2.24, 2.45) is 0 Å². The molecular formula is C26H24Cl2N4O7S. The smallest absolute Gasteiger partial charge is 0.326 e. The predicted octanol–water partition coefficient (Wildman–Crippen LogP) is 3.19. The molecular weight excluding hydrogens is 583 g/mol. The number of nitrogens with two attached hydrogens (primary N) is 1. The molecule has 5 N–H and O–H groups in total. The van der Waals surface area contributed by atoms with E-state index in [1.54, 1.807) is 17.0 Å². The minimum atomic E-state index is -3.63. The lowest BCUT2D eigenvalue weighted by Gasteiger charge is -2.30. The fraction of sp³-hybridized carbons (Fsp3) is 0.231. The van der Waals surface area contributed by atoms with Gasteiger partial charge in [-0.05, 0) is 47.9 Å².